The van der Waals surface area contributed by atoms with Crippen LogP contribution in [-0.4, -0.2) is 26.2 Å². The third-order valence-corrected chi connectivity index (χ3v) is 4.08. The summed E-state index contributed by atoms with van der Waals surface area (Å²) in [6.45, 7) is 4.43. The van der Waals surface area contributed by atoms with E-state index in [1.165, 1.54) is 4.88 Å². The van der Waals surface area contributed by atoms with Crippen LogP contribution < -0.4 is 15.4 Å². The molecule has 0 spiro atoms. The molecule has 0 bridgehead atoms. The lowest BCUT2D eigenvalue weighted by Gasteiger charge is -2.11. The van der Waals surface area contributed by atoms with Gasteiger partial charge in [-0.3, -0.25) is 0 Å². The maximum absolute atomic E-state index is 5.24. The van der Waals surface area contributed by atoms with Gasteiger partial charge >= 0.3 is 0 Å². The quantitative estimate of drug-likeness (QED) is 0.609. The van der Waals surface area contributed by atoms with E-state index < -0.39 is 0 Å². The van der Waals surface area contributed by atoms with E-state index in [9.17, 15) is 0 Å². The monoisotopic (exact) mass is 317 g/mol. The van der Waals surface area contributed by atoms with Crippen molar-refractivity contribution in [2.45, 2.75) is 19.9 Å². The second kappa shape index (κ2) is 9.10. The molecule has 1 heterocycles. The molecule has 5 heteroatoms. The molecule has 4 nitrogen and oxygen atoms in total. The fourth-order valence-electron chi connectivity index (χ4n) is 2.04. The lowest BCUT2D eigenvalue weighted by Crippen LogP contribution is -2.38. The molecular formula is C17H23N3OS. The van der Waals surface area contributed by atoms with Crippen molar-refractivity contribution in [2.75, 3.05) is 20.2 Å². The third-order valence-electron chi connectivity index (χ3n) is 3.14. The van der Waals surface area contributed by atoms with Gasteiger partial charge in [-0.1, -0.05) is 18.2 Å². The molecule has 0 saturated carbocycles. The average molecular weight is 317 g/mol. The molecule has 2 N–H and O–H groups in total. The lowest BCUT2D eigenvalue weighted by molar-refractivity contribution is 0.414. The van der Waals surface area contributed by atoms with Crippen LogP contribution in [0.1, 0.15) is 17.4 Å². The highest BCUT2D eigenvalue weighted by molar-refractivity contribution is 7.09. The number of benzene rings is 1. The van der Waals surface area contributed by atoms with Crippen LogP contribution >= 0.6 is 11.3 Å². The minimum atomic E-state index is 0.630. The van der Waals surface area contributed by atoms with E-state index in [1.807, 2.05) is 18.2 Å². The predicted octanol–water partition coefficient (Wildman–Crippen LogP) is 3.05. The van der Waals surface area contributed by atoms with E-state index >= 15 is 0 Å². The zero-order valence-electron chi connectivity index (χ0n) is 13.1. The minimum absolute atomic E-state index is 0.630. The van der Waals surface area contributed by atoms with Gasteiger partial charge in [-0.25, -0.2) is 4.99 Å². The Kier molecular flexibility index (Phi) is 6.77. The van der Waals surface area contributed by atoms with Crippen LogP contribution in [0.5, 0.6) is 5.75 Å². The van der Waals surface area contributed by atoms with Crippen molar-refractivity contribution < 1.29 is 4.74 Å². The van der Waals surface area contributed by atoms with Gasteiger partial charge in [-0.15, -0.1) is 11.3 Å². The Bertz CT molecular complexity index is 581. The molecule has 0 aliphatic heterocycles. The normalized spacial score (nSPS) is 11.3. The number of rotatable bonds is 7. The standard InChI is InChI=1S/C17H23N3OS/c1-3-18-17(19-10-9-16-8-5-11-22-16)20-13-14-6-4-7-15(12-14)21-2/h4-8,11-12H,3,9-10,13H2,1-2H3,(H2,18,19,20). The topological polar surface area (TPSA) is 45.7 Å². The van der Waals surface area contributed by atoms with E-state index in [4.69, 9.17) is 4.74 Å². The summed E-state index contributed by atoms with van der Waals surface area (Å²) >= 11 is 1.79. The summed E-state index contributed by atoms with van der Waals surface area (Å²) in [4.78, 5) is 6.01. The summed E-state index contributed by atoms with van der Waals surface area (Å²) in [6.07, 6.45) is 1.02. The van der Waals surface area contributed by atoms with Gasteiger partial charge in [0.2, 0.25) is 0 Å². The molecule has 118 valence electrons. The van der Waals surface area contributed by atoms with Gasteiger partial charge in [0.15, 0.2) is 5.96 Å². The van der Waals surface area contributed by atoms with E-state index in [0.29, 0.717) is 6.54 Å². The summed E-state index contributed by atoms with van der Waals surface area (Å²) in [6, 6.07) is 12.2. The zero-order chi connectivity index (χ0) is 15.6. The highest BCUT2D eigenvalue weighted by Crippen LogP contribution is 2.13. The van der Waals surface area contributed by atoms with Gasteiger partial charge in [-0.05, 0) is 42.5 Å². The number of nitrogens with zero attached hydrogens (tertiary/aromatic N) is 1. The van der Waals surface area contributed by atoms with Gasteiger partial charge in [0.05, 0.1) is 13.7 Å². The van der Waals surface area contributed by atoms with E-state index in [0.717, 1.165) is 36.8 Å². The molecule has 22 heavy (non-hydrogen) atoms. The fourth-order valence-corrected chi connectivity index (χ4v) is 2.75. The van der Waals surface area contributed by atoms with E-state index in [2.05, 4.69) is 46.1 Å². The first kappa shape index (κ1) is 16.4. The lowest BCUT2D eigenvalue weighted by atomic mass is 10.2. The number of aliphatic imine (C=N–C) groups is 1. The van der Waals surface area contributed by atoms with Crippen LogP contribution in [0.2, 0.25) is 0 Å². The molecule has 0 amide bonds. The zero-order valence-corrected chi connectivity index (χ0v) is 14.0. The predicted molar refractivity (Wildman–Crippen MR) is 93.8 cm³/mol. The second-order valence-electron chi connectivity index (χ2n) is 4.80. The Balaban J connectivity index is 1.88. The van der Waals surface area contributed by atoms with Crippen molar-refractivity contribution in [1.29, 1.82) is 0 Å². The summed E-state index contributed by atoms with van der Waals surface area (Å²) in [5.41, 5.74) is 1.13. The molecule has 1 aromatic heterocycles. The SMILES string of the molecule is CCNC(=NCc1cccc(OC)c1)NCCc1cccs1. The molecule has 0 aliphatic rings. The van der Waals surface area contributed by atoms with Crippen molar-refractivity contribution >= 4 is 17.3 Å². The van der Waals surface area contributed by atoms with Crippen molar-refractivity contribution in [1.82, 2.24) is 10.6 Å². The van der Waals surface area contributed by atoms with Crippen LogP contribution in [0.4, 0.5) is 0 Å². The number of guanidine groups is 1. The highest BCUT2D eigenvalue weighted by atomic mass is 32.1. The number of hydrogen-bond donors (Lipinski definition) is 2. The highest BCUT2D eigenvalue weighted by Gasteiger charge is 2.00. The van der Waals surface area contributed by atoms with Crippen LogP contribution in [0.3, 0.4) is 0 Å². The van der Waals surface area contributed by atoms with Gasteiger partial charge in [0.25, 0.3) is 0 Å². The molecule has 2 aromatic rings. The number of methoxy groups -OCH3 is 1. The molecule has 0 radical (unpaired) electrons. The number of thiophene rings is 1. The smallest absolute Gasteiger partial charge is 0.191 e. The molecule has 0 aliphatic carbocycles. The maximum atomic E-state index is 5.24. The average Bonchev–Trinajstić information content (AvgIpc) is 3.06. The van der Waals surface area contributed by atoms with E-state index in [-0.39, 0.29) is 0 Å². The van der Waals surface area contributed by atoms with Gasteiger partial charge < -0.3 is 15.4 Å². The first-order valence-corrected chi connectivity index (χ1v) is 8.37. The number of nitrogens with one attached hydrogen (secondary N) is 2. The van der Waals surface area contributed by atoms with Gasteiger partial charge in [0.1, 0.15) is 5.75 Å². The Morgan fingerprint density at radius 1 is 1.23 bits per heavy atom. The summed E-state index contributed by atoms with van der Waals surface area (Å²) in [5.74, 6) is 1.71. The molecular weight excluding hydrogens is 294 g/mol. The van der Waals surface area contributed by atoms with Gasteiger partial charge in [0, 0.05) is 18.0 Å². The summed E-state index contributed by atoms with van der Waals surface area (Å²) in [5, 5.41) is 8.75. The minimum Gasteiger partial charge on any atom is -0.497 e. The van der Waals surface area contributed by atoms with Crippen LogP contribution in [0.15, 0.2) is 46.8 Å². The van der Waals surface area contributed by atoms with Crippen molar-refractivity contribution in [2.24, 2.45) is 4.99 Å². The Morgan fingerprint density at radius 2 is 2.14 bits per heavy atom. The largest absolute Gasteiger partial charge is 0.497 e. The van der Waals surface area contributed by atoms with Crippen molar-refractivity contribution in [3.63, 3.8) is 0 Å². The fraction of sp³-hybridized carbons (Fsp3) is 0.353. The van der Waals surface area contributed by atoms with E-state index in [1.54, 1.807) is 18.4 Å². The maximum Gasteiger partial charge on any atom is 0.191 e. The van der Waals surface area contributed by atoms with Crippen molar-refractivity contribution in [3.05, 3.63) is 52.2 Å². The molecule has 0 atom stereocenters. The molecule has 0 unspecified atom stereocenters. The molecule has 0 saturated heterocycles. The summed E-state index contributed by atoms with van der Waals surface area (Å²) in [7, 11) is 1.68. The number of hydrogen-bond acceptors (Lipinski definition) is 3. The third kappa shape index (κ3) is 5.41. The van der Waals surface area contributed by atoms with Crippen LogP contribution in [-0.2, 0) is 13.0 Å². The molecule has 2 rings (SSSR count). The molecule has 0 fully saturated rings. The summed E-state index contributed by atoms with van der Waals surface area (Å²) < 4.78 is 5.24. The Morgan fingerprint density at radius 3 is 2.86 bits per heavy atom. The first-order chi connectivity index (χ1) is 10.8. The Labute approximate surface area is 136 Å². The van der Waals surface area contributed by atoms with Crippen molar-refractivity contribution in [3.8, 4) is 5.75 Å². The number of ether oxygens (including phenoxy) is 1. The van der Waals surface area contributed by atoms with Gasteiger partial charge in [-0.2, -0.15) is 0 Å². The Hall–Kier alpha value is -2.01. The first-order valence-electron chi connectivity index (χ1n) is 7.49. The van der Waals surface area contributed by atoms with Crippen LogP contribution in [0.25, 0.3) is 0 Å². The molecule has 1 aromatic carbocycles. The van der Waals surface area contributed by atoms with Crippen LogP contribution in [0, 0.1) is 0 Å². The second-order valence-corrected chi connectivity index (χ2v) is 5.84.